The first-order chi connectivity index (χ1) is 9.06. The SMILES string of the molecule is CCC(C)(C(O)CCc1cnn(C)c1)N1CCCC1. The summed E-state index contributed by atoms with van der Waals surface area (Å²) in [5, 5.41) is 14.8. The molecule has 19 heavy (non-hydrogen) atoms. The Bertz CT molecular complexity index is 398. The molecule has 4 nitrogen and oxygen atoms in total. The van der Waals surface area contributed by atoms with Gasteiger partial charge in [0.25, 0.3) is 0 Å². The lowest BCUT2D eigenvalue weighted by atomic mass is 9.86. The highest BCUT2D eigenvalue weighted by atomic mass is 16.3. The molecule has 0 aromatic carbocycles. The zero-order valence-corrected chi connectivity index (χ0v) is 12.5. The number of aryl methyl sites for hydroxylation is 2. The molecule has 0 spiro atoms. The van der Waals surface area contributed by atoms with E-state index in [2.05, 4.69) is 23.8 Å². The molecule has 0 amide bonds. The second kappa shape index (κ2) is 6.06. The molecule has 0 saturated carbocycles. The summed E-state index contributed by atoms with van der Waals surface area (Å²) in [6.45, 7) is 6.67. The minimum absolute atomic E-state index is 0.0707. The summed E-state index contributed by atoms with van der Waals surface area (Å²) in [6.07, 6.45) is 8.91. The van der Waals surface area contributed by atoms with Crippen LogP contribution in [0, 0.1) is 0 Å². The van der Waals surface area contributed by atoms with Gasteiger partial charge < -0.3 is 5.11 Å². The van der Waals surface area contributed by atoms with Gasteiger partial charge in [0.1, 0.15) is 0 Å². The standard InChI is InChI=1S/C15H27N3O/c1-4-15(2,18-9-5-6-10-18)14(19)8-7-13-11-16-17(3)12-13/h11-12,14,19H,4-10H2,1-3H3. The molecule has 1 aliphatic heterocycles. The number of aliphatic hydroxyl groups excluding tert-OH is 1. The van der Waals surface area contributed by atoms with Crippen LogP contribution < -0.4 is 0 Å². The highest BCUT2D eigenvalue weighted by Gasteiger charge is 2.38. The van der Waals surface area contributed by atoms with Gasteiger partial charge in [0.2, 0.25) is 0 Å². The van der Waals surface area contributed by atoms with Crippen molar-refractivity contribution in [2.24, 2.45) is 7.05 Å². The number of rotatable bonds is 6. The molecule has 1 aliphatic rings. The van der Waals surface area contributed by atoms with Gasteiger partial charge in [0.15, 0.2) is 0 Å². The van der Waals surface area contributed by atoms with Crippen LogP contribution in [-0.2, 0) is 13.5 Å². The lowest BCUT2D eigenvalue weighted by Gasteiger charge is -2.42. The Balaban J connectivity index is 1.94. The van der Waals surface area contributed by atoms with Crippen LogP contribution >= 0.6 is 0 Å². The van der Waals surface area contributed by atoms with Crippen molar-refractivity contribution < 1.29 is 5.11 Å². The van der Waals surface area contributed by atoms with E-state index in [1.165, 1.54) is 18.4 Å². The van der Waals surface area contributed by atoms with Crippen molar-refractivity contribution in [2.75, 3.05) is 13.1 Å². The maximum atomic E-state index is 10.6. The second-order valence-corrected chi connectivity index (χ2v) is 5.98. The average Bonchev–Trinajstić information content (AvgIpc) is 3.06. The van der Waals surface area contributed by atoms with Crippen LogP contribution in [0.25, 0.3) is 0 Å². The normalized spacial score (nSPS) is 21.5. The molecule has 2 unspecified atom stereocenters. The molecule has 1 fully saturated rings. The van der Waals surface area contributed by atoms with E-state index in [1.54, 1.807) is 0 Å². The molecule has 0 aliphatic carbocycles. The van der Waals surface area contributed by atoms with Crippen LogP contribution in [0.3, 0.4) is 0 Å². The Morgan fingerprint density at radius 2 is 2.11 bits per heavy atom. The van der Waals surface area contributed by atoms with Crippen LogP contribution in [0.1, 0.15) is 45.1 Å². The molecule has 2 atom stereocenters. The Hall–Kier alpha value is -0.870. The fourth-order valence-corrected chi connectivity index (χ4v) is 3.11. The molecular formula is C15H27N3O. The topological polar surface area (TPSA) is 41.3 Å². The third-order valence-electron chi connectivity index (χ3n) is 4.73. The lowest BCUT2D eigenvalue weighted by Crippen LogP contribution is -2.53. The quantitative estimate of drug-likeness (QED) is 0.855. The molecule has 1 aromatic rings. The molecule has 1 N–H and O–H groups in total. The van der Waals surface area contributed by atoms with Crippen LogP contribution in [-0.4, -0.2) is 44.5 Å². The summed E-state index contributed by atoms with van der Waals surface area (Å²) >= 11 is 0. The van der Waals surface area contributed by atoms with Gasteiger partial charge in [-0.3, -0.25) is 9.58 Å². The summed E-state index contributed by atoms with van der Waals surface area (Å²) in [7, 11) is 1.93. The predicted octanol–water partition coefficient (Wildman–Crippen LogP) is 1.98. The molecule has 0 bridgehead atoms. The van der Waals surface area contributed by atoms with Gasteiger partial charge in [-0.2, -0.15) is 5.10 Å². The smallest absolute Gasteiger partial charge is 0.0724 e. The van der Waals surface area contributed by atoms with Crippen molar-refractivity contribution in [3.05, 3.63) is 18.0 Å². The van der Waals surface area contributed by atoms with E-state index in [-0.39, 0.29) is 11.6 Å². The molecular weight excluding hydrogens is 238 g/mol. The van der Waals surface area contributed by atoms with Gasteiger partial charge in [-0.05, 0) is 57.7 Å². The van der Waals surface area contributed by atoms with E-state index in [1.807, 2.05) is 24.1 Å². The minimum Gasteiger partial charge on any atom is -0.391 e. The van der Waals surface area contributed by atoms with Gasteiger partial charge in [0.05, 0.1) is 12.3 Å². The molecule has 108 valence electrons. The number of aromatic nitrogens is 2. The maximum Gasteiger partial charge on any atom is 0.0724 e. The third-order valence-corrected chi connectivity index (χ3v) is 4.73. The fraction of sp³-hybridized carbons (Fsp3) is 0.800. The summed E-state index contributed by atoms with van der Waals surface area (Å²) < 4.78 is 1.82. The summed E-state index contributed by atoms with van der Waals surface area (Å²) in [6, 6.07) is 0. The van der Waals surface area contributed by atoms with E-state index in [4.69, 9.17) is 0 Å². The van der Waals surface area contributed by atoms with Crippen molar-refractivity contribution in [1.82, 2.24) is 14.7 Å². The van der Waals surface area contributed by atoms with Crippen molar-refractivity contribution >= 4 is 0 Å². The predicted molar refractivity (Wildman–Crippen MR) is 77.0 cm³/mol. The molecule has 1 aromatic heterocycles. The van der Waals surface area contributed by atoms with E-state index < -0.39 is 0 Å². The van der Waals surface area contributed by atoms with Crippen molar-refractivity contribution in [2.45, 2.75) is 57.6 Å². The lowest BCUT2D eigenvalue weighted by molar-refractivity contribution is -0.0163. The zero-order valence-electron chi connectivity index (χ0n) is 12.5. The molecule has 0 radical (unpaired) electrons. The Morgan fingerprint density at radius 1 is 1.42 bits per heavy atom. The summed E-state index contributed by atoms with van der Waals surface area (Å²) in [5.41, 5.74) is 1.14. The average molecular weight is 265 g/mol. The van der Waals surface area contributed by atoms with Crippen molar-refractivity contribution in [3.63, 3.8) is 0 Å². The van der Waals surface area contributed by atoms with Gasteiger partial charge in [-0.15, -0.1) is 0 Å². The van der Waals surface area contributed by atoms with E-state index >= 15 is 0 Å². The molecule has 1 saturated heterocycles. The molecule has 2 heterocycles. The number of likely N-dealkylation sites (tertiary alicyclic amines) is 1. The van der Waals surface area contributed by atoms with E-state index in [0.717, 1.165) is 32.4 Å². The molecule has 4 heteroatoms. The number of nitrogens with zero attached hydrogens (tertiary/aromatic N) is 3. The van der Waals surface area contributed by atoms with E-state index in [0.29, 0.717) is 0 Å². The van der Waals surface area contributed by atoms with Crippen LogP contribution in [0.2, 0.25) is 0 Å². The Kier molecular flexibility index (Phi) is 4.63. The number of aliphatic hydroxyl groups is 1. The minimum atomic E-state index is -0.268. The van der Waals surface area contributed by atoms with Crippen molar-refractivity contribution in [3.8, 4) is 0 Å². The monoisotopic (exact) mass is 265 g/mol. The zero-order chi connectivity index (χ0) is 13.9. The first-order valence-corrected chi connectivity index (χ1v) is 7.47. The largest absolute Gasteiger partial charge is 0.391 e. The third kappa shape index (κ3) is 3.18. The fourth-order valence-electron chi connectivity index (χ4n) is 3.11. The summed E-state index contributed by atoms with van der Waals surface area (Å²) in [5.74, 6) is 0. The van der Waals surface area contributed by atoms with Gasteiger partial charge in [-0.1, -0.05) is 6.92 Å². The first-order valence-electron chi connectivity index (χ1n) is 7.47. The van der Waals surface area contributed by atoms with Gasteiger partial charge >= 0.3 is 0 Å². The number of hydrogen-bond donors (Lipinski definition) is 1. The summed E-state index contributed by atoms with van der Waals surface area (Å²) in [4.78, 5) is 2.47. The van der Waals surface area contributed by atoms with Crippen LogP contribution in [0.5, 0.6) is 0 Å². The van der Waals surface area contributed by atoms with Gasteiger partial charge in [-0.25, -0.2) is 0 Å². The highest BCUT2D eigenvalue weighted by Crippen LogP contribution is 2.29. The second-order valence-electron chi connectivity index (χ2n) is 5.98. The Labute approximate surface area is 116 Å². The highest BCUT2D eigenvalue weighted by molar-refractivity contribution is 5.05. The van der Waals surface area contributed by atoms with Crippen molar-refractivity contribution in [1.29, 1.82) is 0 Å². The van der Waals surface area contributed by atoms with Gasteiger partial charge in [0, 0.05) is 18.8 Å². The number of hydrogen-bond acceptors (Lipinski definition) is 3. The molecule has 2 rings (SSSR count). The van der Waals surface area contributed by atoms with Crippen LogP contribution in [0.15, 0.2) is 12.4 Å². The Morgan fingerprint density at radius 3 is 2.63 bits per heavy atom. The maximum absolute atomic E-state index is 10.6. The van der Waals surface area contributed by atoms with E-state index in [9.17, 15) is 5.11 Å². The first kappa shape index (κ1) is 14.5. The van der Waals surface area contributed by atoms with Crippen LogP contribution in [0.4, 0.5) is 0 Å².